The Bertz CT molecular complexity index is 675. The highest BCUT2D eigenvalue weighted by molar-refractivity contribution is 8.13. The molecule has 1 fully saturated rings. The SMILES string of the molecule is NC1=N[C@@]2(c3cc(C#CC=S)ccc3F)CCC[C@H]2CS1. The molecule has 2 nitrogen and oxygen atoms in total. The zero-order chi connectivity index (χ0) is 14.9. The van der Waals surface area contributed by atoms with Crippen molar-refractivity contribution >= 4 is 34.5 Å². The van der Waals surface area contributed by atoms with Crippen molar-refractivity contribution in [2.45, 2.75) is 24.8 Å². The summed E-state index contributed by atoms with van der Waals surface area (Å²) in [5, 5.41) is 1.93. The minimum Gasteiger partial charge on any atom is -0.379 e. The lowest BCUT2D eigenvalue weighted by molar-refractivity contribution is 0.341. The number of thiocarbonyl (C=S) groups is 1. The van der Waals surface area contributed by atoms with Crippen molar-refractivity contribution in [2.24, 2.45) is 16.6 Å². The van der Waals surface area contributed by atoms with Crippen LogP contribution in [0.3, 0.4) is 0 Å². The van der Waals surface area contributed by atoms with Gasteiger partial charge in [-0.3, -0.25) is 4.99 Å². The molecule has 3 rings (SSSR count). The van der Waals surface area contributed by atoms with E-state index < -0.39 is 5.54 Å². The van der Waals surface area contributed by atoms with E-state index >= 15 is 0 Å². The second-order valence-electron chi connectivity index (χ2n) is 5.36. The summed E-state index contributed by atoms with van der Waals surface area (Å²) >= 11 is 6.28. The number of thioether (sulfide) groups is 1. The lowest BCUT2D eigenvalue weighted by atomic mass is 9.80. The van der Waals surface area contributed by atoms with E-state index in [4.69, 9.17) is 18.0 Å². The normalized spacial score (nSPS) is 27.3. The van der Waals surface area contributed by atoms with Crippen LogP contribution in [0.1, 0.15) is 30.4 Å². The number of benzene rings is 1. The first kappa shape index (κ1) is 14.6. The molecule has 0 bridgehead atoms. The van der Waals surface area contributed by atoms with Gasteiger partial charge in [0.1, 0.15) is 5.82 Å². The summed E-state index contributed by atoms with van der Waals surface area (Å²) in [4.78, 5) is 4.67. The van der Waals surface area contributed by atoms with E-state index in [2.05, 4.69) is 16.8 Å². The van der Waals surface area contributed by atoms with Crippen molar-refractivity contribution < 1.29 is 4.39 Å². The Labute approximate surface area is 133 Å². The standard InChI is InChI=1S/C16H15FN2S2/c17-14-6-5-11(3-2-8-20)9-13(14)16-7-1-4-12(16)10-21-15(18)19-16/h5-6,8-9,12H,1,4,7,10H2,(H2,18,19)/t12-,16-/m0/s1. The van der Waals surface area contributed by atoms with Gasteiger partial charge in [0.15, 0.2) is 5.17 Å². The number of fused-ring (bicyclic) bond motifs is 1. The van der Waals surface area contributed by atoms with Crippen LogP contribution in [-0.4, -0.2) is 16.3 Å². The molecule has 2 aliphatic rings. The molecule has 1 aliphatic carbocycles. The maximum absolute atomic E-state index is 14.4. The minimum absolute atomic E-state index is 0.224. The van der Waals surface area contributed by atoms with E-state index in [1.807, 2.05) is 6.07 Å². The van der Waals surface area contributed by atoms with E-state index in [-0.39, 0.29) is 5.82 Å². The Balaban J connectivity index is 2.13. The van der Waals surface area contributed by atoms with Crippen molar-refractivity contribution in [3.8, 4) is 11.8 Å². The molecule has 1 aromatic rings. The molecule has 1 heterocycles. The number of hydrogen-bond acceptors (Lipinski definition) is 4. The quantitative estimate of drug-likeness (QED) is 0.638. The molecular weight excluding hydrogens is 303 g/mol. The van der Waals surface area contributed by atoms with Crippen LogP contribution in [0.15, 0.2) is 23.2 Å². The van der Waals surface area contributed by atoms with Crippen LogP contribution in [0.5, 0.6) is 0 Å². The maximum Gasteiger partial charge on any atom is 0.154 e. The summed E-state index contributed by atoms with van der Waals surface area (Å²) < 4.78 is 14.4. The lowest BCUT2D eigenvalue weighted by Gasteiger charge is -2.36. The van der Waals surface area contributed by atoms with Gasteiger partial charge in [0.2, 0.25) is 0 Å². The molecule has 1 saturated carbocycles. The molecule has 0 aromatic heterocycles. The Hall–Kier alpha value is -1.38. The average Bonchev–Trinajstić information content (AvgIpc) is 2.90. The molecule has 2 atom stereocenters. The number of amidine groups is 1. The van der Waals surface area contributed by atoms with Gasteiger partial charge in [0.05, 0.1) is 10.9 Å². The number of nitrogens with two attached hydrogens (primary N) is 1. The van der Waals surface area contributed by atoms with Gasteiger partial charge in [-0.25, -0.2) is 4.39 Å². The topological polar surface area (TPSA) is 38.4 Å². The number of hydrogen-bond donors (Lipinski definition) is 1. The predicted molar refractivity (Wildman–Crippen MR) is 90.0 cm³/mol. The summed E-state index contributed by atoms with van der Waals surface area (Å²) in [6, 6.07) is 4.96. The van der Waals surface area contributed by atoms with Crippen molar-refractivity contribution in [2.75, 3.05) is 5.75 Å². The largest absolute Gasteiger partial charge is 0.379 e. The van der Waals surface area contributed by atoms with E-state index in [1.165, 1.54) is 11.4 Å². The Kier molecular flexibility index (Phi) is 4.01. The number of aliphatic imine (C=N–C) groups is 1. The fourth-order valence-electron chi connectivity index (χ4n) is 3.31. The van der Waals surface area contributed by atoms with Gasteiger partial charge in [0, 0.05) is 16.9 Å². The molecule has 1 aliphatic heterocycles. The maximum atomic E-state index is 14.4. The third-order valence-electron chi connectivity index (χ3n) is 4.24. The first-order valence-corrected chi connectivity index (χ1v) is 8.35. The molecule has 0 saturated heterocycles. The van der Waals surface area contributed by atoms with Crippen molar-refractivity contribution in [1.82, 2.24) is 0 Å². The molecule has 5 heteroatoms. The van der Waals surface area contributed by atoms with Gasteiger partial charge in [-0.1, -0.05) is 42.2 Å². The summed E-state index contributed by atoms with van der Waals surface area (Å²) in [6.07, 6.45) is 2.97. The fourth-order valence-corrected chi connectivity index (χ4v) is 4.41. The fraction of sp³-hybridized carbons (Fsp3) is 0.375. The van der Waals surface area contributed by atoms with Crippen LogP contribution in [-0.2, 0) is 5.54 Å². The smallest absolute Gasteiger partial charge is 0.154 e. The van der Waals surface area contributed by atoms with Crippen LogP contribution in [0.4, 0.5) is 4.39 Å². The zero-order valence-corrected chi connectivity index (χ0v) is 13.1. The first-order chi connectivity index (χ1) is 10.2. The highest BCUT2D eigenvalue weighted by Gasteiger charge is 2.47. The van der Waals surface area contributed by atoms with E-state index in [1.54, 1.807) is 17.8 Å². The summed E-state index contributed by atoms with van der Waals surface area (Å²) in [5.74, 6) is 6.69. The zero-order valence-electron chi connectivity index (χ0n) is 11.4. The van der Waals surface area contributed by atoms with Gasteiger partial charge in [-0.15, -0.1) is 0 Å². The van der Waals surface area contributed by atoms with Crippen LogP contribution < -0.4 is 5.73 Å². The number of rotatable bonds is 1. The van der Waals surface area contributed by atoms with Gasteiger partial charge in [-0.2, -0.15) is 0 Å². The molecule has 2 N–H and O–H groups in total. The van der Waals surface area contributed by atoms with Crippen LogP contribution in [0.2, 0.25) is 0 Å². The van der Waals surface area contributed by atoms with Crippen molar-refractivity contribution in [1.29, 1.82) is 0 Å². The van der Waals surface area contributed by atoms with Crippen LogP contribution in [0.25, 0.3) is 0 Å². The molecule has 0 amide bonds. The molecular formula is C16H15FN2S2. The molecule has 21 heavy (non-hydrogen) atoms. The van der Waals surface area contributed by atoms with Gasteiger partial charge in [0.25, 0.3) is 0 Å². The van der Waals surface area contributed by atoms with E-state index in [0.717, 1.165) is 30.6 Å². The molecule has 0 unspecified atom stereocenters. The first-order valence-electron chi connectivity index (χ1n) is 6.89. The summed E-state index contributed by atoms with van der Waals surface area (Å²) in [7, 11) is 0. The Morgan fingerprint density at radius 2 is 2.38 bits per heavy atom. The van der Waals surface area contributed by atoms with Crippen LogP contribution >= 0.6 is 24.0 Å². The van der Waals surface area contributed by atoms with Crippen LogP contribution in [0, 0.1) is 23.6 Å². The molecule has 108 valence electrons. The van der Waals surface area contributed by atoms with Crippen molar-refractivity contribution in [3.63, 3.8) is 0 Å². The third kappa shape index (κ3) is 2.58. The minimum atomic E-state index is -0.505. The second kappa shape index (κ2) is 5.78. The highest BCUT2D eigenvalue weighted by atomic mass is 32.2. The third-order valence-corrected chi connectivity index (χ3v) is 5.31. The van der Waals surface area contributed by atoms with E-state index in [9.17, 15) is 4.39 Å². The lowest BCUT2D eigenvalue weighted by Crippen LogP contribution is -2.37. The average molecular weight is 318 g/mol. The summed E-state index contributed by atoms with van der Waals surface area (Å²) in [5.41, 5.74) is 6.81. The number of halogens is 1. The highest BCUT2D eigenvalue weighted by Crippen LogP contribution is 2.51. The molecule has 1 aromatic carbocycles. The second-order valence-corrected chi connectivity index (χ2v) is 6.63. The van der Waals surface area contributed by atoms with Gasteiger partial charge < -0.3 is 5.73 Å². The predicted octanol–water partition coefficient (Wildman–Crippen LogP) is 3.23. The monoisotopic (exact) mass is 318 g/mol. The number of nitrogens with zero attached hydrogens (tertiary/aromatic N) is 1. The Morgan fingerprint density at radius 3 is 3.19 bits per heavy atom. The Morgan fingerprint density at radius 1 is 1.52 bits per heavy atom. The molecule has 0 radical (unpaired) electrons. The van der Waals surface area contributed by atoms with E-state index in [0.29, 0.717) is 16.6 Å². The van der Waals surface area contributed by atoms with Gasteiger partial charge >= 0.3 is 0 Å². The van der Waals surface area contributed by atoms with Crippen molar-refractivity contribution in [3.05, 3.63) is 35.1 Å². The van der Waals surface area contributed by atoms with Gasteiger partial charge in [-0.05, 0) is 37.0 Å². The summed E-state index contributed by atoms with van der Waals surface area (Å²) in [6.45, 7) is 0. The molecule has 0 spiro atoms.